The van der Waals surface area contributed by atoms with Gasteiger partial charge in [-0.3, -0.25) is 9.59 Å². The molecule has 2 amide bonds. The first kappa shape index (κ1) is 16.1. The minimum atomic E-state index is -0.304. The first-order valence-corrected chi connectivity index (χ1v) is 8.02. The molecule has 0 aliphatic heterocycles. The van der Waals surface area contributed by atoms with Crippen molar-refractivity contribution in [3.8, 4) is 0 Å². The van der Waals surface area contributed by atoms with Crippen LogP contribution in [0.25, 0.3) is 0 Å². The second kappa shape index (κ2) is 8.24. The average molecular weight is 314 g/mol. The van der Waals surface area contributed by atoms with E-state index in [9.17, 15) is 9.59 Å². The van der Waals surface area contributed by atoms with Crippen molar-refractivity contribution in [1.29, 1.82) is 0 Å². The number of anilines is 2. The molecule has 0 aliphatic rings. The van der Waals surface area contributed by atoms with Crippen molar-refractivity contribution in [1.82, 2.24) is 0 Å². The van der Waals surface area contributed by atoms with E-state index in [0.717, 1.165) is 11.4 Å². The van der Waals surface area contributed by atoms with Crippen LogP contribution in [-0.2, 0) is 9.59 Å². The molecular formula is C17H18N2O2S. The SMILES string of the molecule is C[C@H](SCC(=O)Nc1ccccc1)C(=O)Nc1ccccc1. The van der Waals surface area contributed by atoms with Crippen molar-refractivity contribution in [3.63, 3.8) is 0 Å². The number of thioether (sulfide) groups is 1. The van der Waals surface area contributed by atoms with Gasteiger partial charge in [0.15, 0.2) is 0 Å². The normalized spacial score (nSPS) is 11.5. The summed E-state index contributed by atoms with van der Waals surface area (Å²) in [5.41, 5.74) is 1.52. The number of benzene rings is 2. The van der Waals surface area contributed by atoms with Crippen molar-refractivity contribution in [2.24, 2.45) is 0 Å². The second-order valence-corrected chi connectivity index (χ2v) is 6.05. The number of hydrogen-bond donors (Lipinski definition) is 2. The van der Waals surface area contributed by atoms with E-state index in [1.54, 1.807) is 6.92 Å². The molecule has 0 bridgehead atoms. The fraction of sp³-hybridized carbons (Fsp3) is 0.176. The van der Waals surface area contributed by atoms with Gasteiger partial charge in [-0.05, 0) is 31.2 Å². The van der Waals surface area contributed by atoms with Gasteiger partial charge in [-0.25, -0.2) is 0 Å². The Morgan fingerprint density at radius 2 is 1.41 bits per heavy atom. The summed E-state index contributed by atoms with van der Waals surface area (Å²) in [6, 6.07) is 18.5. The molecular weight excluding hydrogens is 296 g/mol. The smallest absolute Gasteiger partial charge is 0.237 e. The maximum atomic E-state index is 12.0. The maximum absolute atomic E-state index is 12.0. The molecule has 22 heavy (non-hydrogen) atoms. The Morgan fingerprint density at radius 3 is 1.95 bits per heavy atom. The lowest BCUT2D eigenvalue weighted by atomic mass is 10.3. The van der Waals surface area contributed by atoms with Gasteiger partial charge in [-0.15, -0.1) is 11.8 Å². The van der Waals surface area contributed by atoms with Gasteiger partial charge in [-0.1, -0.05) is 36.4 Å². The molecule has 0 spiro atoms. The highest BCUT2D eigenvalue weighted by Gasteiger charge is 2.15. The summed E-state index contributed by atoms with van der Waals surface area (Å²) in [6.45, 7) is 1.79. The fourth-order valence-corrected chi connectivity index (χ4v) is 2.44. The molecule has 0 fully saturated rings. The Kier molecular flexibility index (Phi) is 6.03. The van der Waals surface area contributed by atoms with Crippen molar-refractivity contribution in [3.05, 3.63) is 60.7 Å². The van der Waals surface area contributed by atoms with Gasteiger partial charge in [0.05, 0.1) is 11.0 Å². The van der Waals surface area contributed by atoms with E-state index >= 15 is 0 Å². The average Bonchev–Trinajstić information content (AvgIpc) is 2.54. The maximum Gasteiger partial charge on any atom is 0.237 e. The van der Waals surface area contributed by atoms with Gasteiger partial charge in [-0.2, -0.15) is 0 Å². The predicted molar refractivity (Wildman–Crippen MR) is 92.1 cm³/mol. The quantitative estimate of drug-likeness (QED) is 0.859. The lowest BCUT2D eigenvalue weighted by molar-refractivity contribution is -0.115. The number of rotatable bonds is 6. The van der Waals surface area contributed by atoms with Crippen LogP contribution in [0.1, 0.15) is 6.92 Å². The van der Waals surface area contributed by atoms with Crippen LogP contribution in [0.4, 0.5) is 11.4 Å². The third-order valence-electron chi connectivity index (χ3n) is 2.93. The predicted octanol–water partition coefficient (Wildman–Crippen LogP) is 3.39. The Labute approximate surface area is 134 Å². The zero-order chi connectivity index (χ0) is 15.8. The van der Waals surface area contributed by atoms with Crippen LogP contribution in [0, 0.1) is 0 Å². The molecule has 2 aromatic rings. The lowest BCUT2D eigenvalue weighted by Gasteiger charge is -2.12. The third kappa shape index (κ3) is 5.26. The minimum absolute atomic E-state index is 0.108. The fourth-order valence-electron chi connectivity index (χ4n) is 1.76. The van der Waals surface area contributed by atoms with Crippen LogP contribution >= 0.6 is 11.8 Å². The largest absolute Gasteiger partial charge is 0.325 e. The van der Waals surface area contributed by atoms with E-state index in [0.29, 0.717) is 0 Å². The van der Waals surface area contributed by atoms with E-state index < -0.39 is 0 Å². The number of amides is 2. The highest BCUT2D eigenvalue weighted by atomic mass is 32.2. The van der Waals surface area contributed by atoms with Crippen LogP contribution in [-0.4, -0.2) is 22.8 Å². The van der Waals surface area contributed by atoms with Crippen molar-refractivity contribution < 1.29 is 9.59 Å². The van der Waals surface area contributed by atoms with Crippen LogP contribution < -0.4 is 10.6 Å². The molecule has 0 aromatic heterocycles. The van der Waals surface area contributed by atoms with E-state index in [1.165, 1.54) is 11.8 Å². The molecule has 0 saturated heterocycles. The third-order valence-corrected chi connectivity index (χ3v) is 4.08. The zero-order valence-electron chi connectivity index (χ0n) is 12.3. The van der Waals surface area contributed by atoms with Crippen LogP contribution in [0.15, 0.2) is 60.7 Å². The highest BCUT2D eigenvalue weighted by molar-refractivity contribution is 8.01. The molecule has 2 rings (SSSR count). The van der Waals surface area contributed by atoms with Crippen LogP contribution in [0.5, 0.6) is 0 Å². The van der Waals surface area contributed by atoms with Gasteiger partial charge in [0.25, 0.3) is 0 Å². The summed E-state index contributed by atoms with van der Waals surface area (Å²) in [5.74, 6) is 0.0115. The number of carbonyl (C=O) groups excluding carboxylic acids is 2. The van der Waals surface area contributed by atoms with E-state index in [1.807, 2.05) is 60.7 Å². The Bertz CT molecular complexity index is 617. The van der Waals surface area contributed by atoms with Crippen molar-refractivity contribution >= 4 is 35.0 Å². The summed E-state index contributed by atoms with van der Waals surface area (Å²) in [6.07, 6.45) is 0. The van der Waals surface area contributed by atoms with E-state index in [-0.39, 0.29) is 22.8 Å². The molecule has 5 heteroatoms. The van der Waals surface area contributed by atoms with Gasteiger partial charge < -0.3 is 10.6 Å². The number of hydrogen-bond acceptors (Lipinski definition) is 3. The first-order valence-electron chi connectivity index (χ1n) is 6.97. The lowest BCUT2D eigenvalue weighted by Crippen LogP contribution is -2.25. The summed E-state index contributed by atoms with van der Waals surface area (Å²) in [4.78, 5) is 23.9. The molecule has 0 saturated carbocycles. The molecule has 114 valence electrons. The Morgan fingerprint density at radius 1 is 0.909 bits per heavy atom. The summed E-state index contributed by atoms with van der Waals surface area (Å²) in [5, 5.41) is 5.31. The van der Waals surface area contributed by atoms with Gasteiger partial charge in [0.2, 0.25) is 11.8 Å². The van der Waals surface area contributed by atoms with Crippen LogP contribution in [0.2, 0.25) is 0 Å². The molecule has 0 heterocycles. The number of carbonyl (C=O) groups is 2. The number of nitrogens with one attached hydrogen (secondary N) is 2. The number of para-hydroxylation sites is 2. The topological polar surface area (TPSA) is 58.2 Å². The second-order valence-electron chi connectivity index (χ2n) is 4.72. The summed E-state index contributed by atoms with van der Waals surface area (Å²) in [7, 11) is 0. The highest BCUT2D eigenvalue weighted by Crippen LogP contribution is 2.15. The molecule has 4 nitrogen and oxygen atoms in total. The molecule has 2 N–H and O–H groups in total. The Hall–Kier alpha value is -2.27. The van der Waals surface area contributed by atoms with E-state index in [2.05, 4.69) is 10.6 Å². The molecule has 0 radical (unpaired) electrons. The zero-order valence-corrected chi connectivity index (χ0v) is 13.1. The van der Waals surface area contributed by atoms with Gasteiger partial charge in [0.1, 0.15) is 0 Å². The Balaban J connectivity index is 1.76. The minimum Gasteiger partial charge on any atom is -0.325 e. The first-order chi connectivity index (χ1) is 10.6. The summed E-state index contributed by atoms with van der Waals surface area (Å²) < 4.78 is 0. The van der Waals surface area contributed by atoms with Crippen molar-refractivity contribution in [2.75, 3.05) is 16.4 Å². The standard InChI is InChI=1S/C17H18N2O2S/c1-13(17(21)19-15-10-6-3-7-11-15)22-12-16(20)18-14-8-4-2-5-9-14/h2-11,13H,12H2,1H3,(H,18,20)(H,19,21)/t13-/m0/s1. The van der Waals surface area contributed by atoms with Gasteiger partial charge in [0, 0.05) is 11.4 Å². The summed E-state index contributed by atoms with van der Waals surface area (Å²) >= 11 is 1.31. The van der Waals surface area contributed by atoms with Crippen molar-refractivity contribution in [2.45, 2.75) is 12.2 Å². The molecule has 2 aromatic carbocycles. The molecule has 0 aliphatic carbocycles. The van der Waals surface area contributed by atoms with Gasteiger partial charge >= 0.3 is 0 Å². The van der Waals surface area contributed by atoms with E-state index in [4.69, 9.17) is 0 Å². The van der Waals surface area contributed by atoms with Crippen LogP contribution in [0.3, 0.4) is 0 Å². The molecule has 0 unspecified atom stereocenters. The monoisotopic (exact) mass is 314 g/mol. The molecule has 1 atom stereocenters.